The van der Waals surface area contributed by atoms with Crippen LogP contribution in [-0.2, 0) is 6.54 Å². The Hall–Kier alpha value is -3.02. The van der Waals surface area contributed by atoms with Crippen LogP contribution in [0.5, 0.6) is 0 Å². The lowest BCUT2D eigenvalue weighted by Gasteiger charge is -2.05. The van der Waals surface area contributed by atoms with E-state index in [0.717, 1.165) is 0 Å². The van der Waals surface area contributed by atoms with Gasteiger partial charge in [0.1, 0.15) is 0 Å². The Morgan fingerprint density at radius 3 is 2.59 bits per heavy atom. The lowest BCUT2D eigenvalue weighted by Crippen LogP contribution is -2.23. The van der Waals surface area contributed by atoms with E-state index in [-0.39, 0.29) is 23.8 Å². The molecule has 0 saturated heterocycles. The molecule has 0 fully saturated rings. The zero-order valence-electron chi connectivity index (χ0n) is 11.9. The van der Waals surface area contributed by atoms with Gasteiger partial charge in [0.25, 0.3) is 5.56 Å². The fourth-order valence-electron chi connectivity index (χ4n) is 2.05. The molecule has 0 aliphatic heterocycles. The lowest BCUT2D eigenvalue weighted by molar-refractivity contribution is 0.0971. The van der Waals surface area contributed by atoms with Crippen LogP contribution in [0.3, 0.4) is 0 Å². The fourth-order valence-corrected chi connectivity index (χ4v) is 2.05. The summed E-state index contributed by atoms with van der Waals surface area (Å²) in [6, 6.07) is 11.9. The molecule has 0 spiro atoms. The second kappa shape index (κ2) is 5.77. The SMILES string of the molecule is Cc1nnc(-c2ccn(CC(=O)c3ccccc3)c(=O)c2)o1. The van der Waals surface area contributed by atoms with Gasteiger partial charge >= 0.3 is 0 Å². The van der Waals surface area contributed by atoms with E-state index in [2.05, 4.69) is 10.2 Å². The zero-order valence-corrected chi connectivity index (χ0v) is 11.9. The first-order valence-corrected chi connectivity index (χ1v) is 6.73. The Morgan fingerprint density at radius 2 is 1.95 bits per heavy atom. The maximum absolute atomic E-state index is 12.1. The van der Waals surface area contributed by atoms with Crippen LogP contribution in [0.25, 0.3) is 11.5 Å². The molecule has 22 heavy (non-hydrogen) atoms. The van der Waals surface area contributed by atoms with E-state index in [9.17, 15) is 9.59 Å². The first-order valence-electron chi connectivity index (χ1n) is 6.73. The van der Waals surface area contributed by atoms with E-state index in [1.807, 2.05) is 6.07 Å². The van der Waals surface area contributed by atoms with Gasteiger partial charge in [-0.3, -0.25) is 9.59 Å². The minimum absolute atomic E-state index is 0.00795. The van der Waals surface area contributed by atoms with Crippen LogP contribution in [-0.4, -0.2) is 20.5 Å². The molecule has 0 amide bonds. The van der Waals surface area contributed by atoms with Crippen LogP contribution in [0.15, 0.2) is 57.9 Å². The van der Waals surface area contributed by atoms with Crippen molar-refractivity contribution in [3.63, 3.8) is 0 Å². The van der Waals surface area contributed by atoms with Gasteiger partial charge in [-0.25, -0.2) is 0 Å². The number of aryl methyl sites for hydroxylation is 1. The Balaban J connectivity index is 1.84. The number of rotatable bonds is 4. The van der Waals surface area contributed by atoms with Gasteiger partial charge in [-0.1, -0.05) is 30.3 Å². The highest BCUT2D eigenvalue weighted by Crippen LogP contribution is 2.15. The average molecular weight is 295 g/mol. The van der Waals surface area contributed by atoms with Gasteiger partial charge in [-0.2, -0.15) is 0 Å². The molecule has 6 nitrogen and oxygen atoms in total. The standard InChI is InChI=1S/C16H13N3O3/c1-11-17-18-16(22-11)13-7-8-19(15(21)9-13)10-14(20)12-5-3-2-4-6-12/h2-9H,10H2,1H3. The molecule has 0 radical (unpaired) electrons. The molecule has 0 N–H and O–H groups in total. The third kappa shape index (κ3) is 2.85. The van der Waals surface area contributed by atoms with Gasteiger partial charge in [0.05, 0.1) is 6.54 Å². The summed E-state index contributed by atoms with van der Waals surface area (Å²) in [6.07, 6.45) is 1.55. The molecule has 3 rings (SSSR count). The van der Waals surface area contributed by atoms with Crippen LogP contribution in [0.4, 0.5) is 0 Å². The van der Waals surface area contributed by atoms with Gasteiger partial charge in [0, 0.05) is 30.3 Å². The number of hydrogen-bond donors (Lipinski definition) is 0. The van der Waals surface area contributed by atoms with Crippen molar-refractivity contribution in [2.24, 2.45) is 0 Å². The largest absolute Gasteiger partial charge is 0.421 e. The molecule has 0 saturated carbocycles. The van der Waals surface area contributed by atoms with Crippen molar-refractivity contribution in [3.05, 3.63) is 70.5 Å². The van der Waals surface area contributed by atoms with Crippen molar-refractivity contribution in [2.75, 3.05) is 0 Å². The highest BCUT2D eigenvalue weighted by Gasteiger charge is 2.10. The molecule has 0 aliphatic rings. The molecular weight excluding hydrogens is 282 g/mol. The molecule has 2 aromatic heterocycles. The lowest BCUT2D eigenvalue weighted by atomic mass is 10.1. The summed E-state index contributed by atoms with van der Waals surface area (Å²) in [7, 11) is 0. The number of hydrogen-bond acceptors (Lipinski definition) is 5. The van der Waals surface area contributed by atoms with Crippen LogP contribution < -0.4 is 5.56 Å². The van der Waals surface area contributed by atoms with E-state index in [0.29, 0.717) is 17.0 Å². The van der Waals surface area contributed by atoms with Gasteiger partial charge < -0.3 is 8.98 Å². The van der Waals surface area contributed by atoms with E-state index in [1.54, 1.807) is 43.5 Å². The van der Waals surface area contributed by atoms with Gasteiger partial charge in [0.2, 0.25) is 11.8 Å². The normalized spacial score (nSPS) is 10.6. The number of aromatic nitrogens is 3. The molecule has 0 bridgehead atoms. The van der Waals surface area contributed by atoms with Crippen molar-refractivity contribution in [3.8, 4) is 11.5 Å². The molecule has 0 unspecified atom stereocenters. The van der Waals surface area contributed by atoms with Crippen molar-refractivity contribution in [1.82, 2.24) is 14.8 Å². The second-order valence-corrected chi connectivity index (χ2v) is 4.80. The summed E-state index contributed by atoms with van der Waals surface area (Å²) in [5, 5.41) is 7.59. The number of carbonyl (C=O) groups excluding carboxylic acids is 1. The molecule has 110 valence electrons. The average Bonchev–Trinajstić information content (AvgIpc) is 2.96. The highest BCUT2D eigenvalue weighted by molar-refractivity contribution is 5.95. The van der Waals surface area contributed by atoms with Gasteiger partial charge in [-0.15, -0.1) is 10.2 Å². The first kappa shape index (κ1) is 13.9. The number of nitrogens with zero attached hydrogens (tertiary/aromatic N) is 3. The summed E-state index contributed by atoms with van der Waals surface area (Å²) in [6.45, 7) is 1.67. The summed E-state index contributed by atoms with van der Waals surface area (Å²) in [5.74, 6) is 0.596. The monoisotopic (exact) mass is 295 g/mol. The summed E-state index contributed by atoms with van der Waals surface area (Å²) < 4.78 is 6.63. The second-order valence-electron chi connectivity index (χ2n) is 4.80. The van der Waals surface area contributed by atoms with Crippen molar-refractivity contribution >= 4 is 5.78 Å². The Morgan fingerprint density at radius 1 is 1.18 bits per heavy atom. The van der Waals surface area contributed by atoms with Crippen molar-refractivity contribution < 1.29 is 9.21 Å². The summed E-state index contributed by atoms with van der Waals surface area (Å²) in [5.41, 5.74) is 0.817. The van der Waals surface area contributed by atoms with Crippen LogP contribution in [0.1, 0.15) is 16.2 Å². The van der Waals surface area contributed by atoms with Crippen LogP contribution in [0, 0.1) is 6.92 Å². The predicted octanol–water partition coefficient (Wildman–Crippen LogP) is 2.09. The summed E-state index contributed by atoms with van der Waals surface area (Å²) >= 11 is 0. The maximum atomic E-state index is 12.1. The number of carbonyl (C=O) groups is 1. The van der Waals surface area contributed by atoms with E-state index in [1.165, 1.54) is 10.6 Å². The third-order valence-electron chi connectivity index (χ3n) is 3.18. The number of pyridine rings is 1. The molecule has 3 aromatic rings. The topological polar surface area (TPSA) is 78.0 Å². The van der Waals surface area contributed by atoms with Crippen LogP contribution >= 0.6 is 0 Å². The van der Waals surface area contributed by atoms with E-state index < -0.39 is 0 Å². The maximum Gasteiger partial charge on any atom is 0.251 e. The quantitative estimate of drug-likeness (QED) is 0.689. The molecular formula is C16H13N3O3. The molecule has 2 heterocycles. The minimum Gasteiger partial charge on any atom is -0.421 e. The fraction of sp³-hybridized carbons (Fsp3) is 0.125. The molecule has 0 atom stereocenters. The van der Waals surface area contributed by atoms with Gasteiger partial charge in [0.15, 0.2) is 5.78 Å². The Bertz CT molecular complexity index is 866. The first-order chi connectivity index (χ1) is 10.6. The van der Waals surface area contributed by atoms with Gasteiger partial charge in [-0.05, 0) is 6.07 Å². The predicted molar refractivity (Wildman–Crippen MR) is 79.5 cm³/mol. The number of ketones is 1. The van der Waals surface area contributed by atoms with E-state index >= 15 is 0 Å². The molecule has 6 heteroatoms. The smallest absolute Gasteiger partial charge is 0.251 e. The van der Waals surface area contributed by atoms with Crippen molar-refractivity contribution in [2.45, 2.75) is 13.5 Å². The van der Waals surface area contributed by atoms with Crippen molar-refractivity contribution in [1.29, 1.82) is 0 Å². The highest BCUT2D eigenvalue weighted by atomic mass is 16.4. The zero-order chi connectivity index (χ0) is 15.5. The number of Topliss-reactive ketones (excluding diaryl/α,β-unsaturated/α-hetero) is 1. The van der Waals surface area contributed by atoms with Crippen LogP contribution in [0.2, 0.25) is 0 Å². The summed E-state index contributed by atoms with van der Waals surface area (Å²) in [4.78, 5) is 24.2. The number of benzene rings is 1. The Labute approximate surface area is 126 Å². The molecule has 0 aliphatic carbocycles. The Kier molecular flexibility index (Phi) is 3.65. The minimum atomic E-state index is -0.294. The third-order valence-corrected chi connectivity index (χ3v) is 3.18. The molecule has 1 aromatic carbocycles. The van der Waals surface area contributed by atoms with E-state index in [4.69, 9.17) is 4.42 Å².